The van der Waals surface area contributed by atoms with Crippen LogP contribution in [-0.2, 0) is 0 Å². The first-order chi connectivity index (χ1) is 6.65. The van der Waals surface area contributed by atoms with Crippen LogP contribution in [0, 0.1) is 35.5 Å². The number of hydrogen-bond donors (Lipinski definition) is 0. The summed E-state index contributed by atoms with van der Waals surface area (Å²) in [6.45, 7) is 9.78. The van der Waals surface area contributed by atoms with Crippen LogP contribution in [0.4, 0.5) is 0 Å². The second-order valence-electron chi connectivity index (χ2n) is 6.08. The third-order valence-electron chi connectivity index (χ3n) is 5.27. The molecule has 0 radical (unpaired) electrons. The lowest BCUT2D eigenvalue weighted by Crippen LogP contribution is -2.37. The summed E-state index contributed by atoms with van der Waals surface area (Å²) < 4.78 is 0. The molecule has 0 spiro atoms. The molecule has 3 fully saturated rings. The fourth-order valence-corrected chi connectivity index (χ4v) is 4.25. The van der Waals surface area contributed by atoms with Crippen molar-refractivity contribution in [2.45, 2.75) is 53.4 Å². The molecule has 0 aromatic heterocycles. The van der Waals surface area contributed by atoms with Gasteiger partial charge in [0.15, 0.2) is 0 Å². The Bertz CT molecular complexity index is 196. The van der Waals surface area contributed by atoms with E-state index in [0.29, 0.717) is 0 Å². The molecule has 0 heteroatoms. The van der Waals surface area contributed by atoms with E-state index in [4.69, 9.17) is 0 Å². The normalized spacial score (nSPS) is 44.6. The lowest BCUT2D eigenvalue weighted by molar-refractivity contribution is 0.0537. The van der Waals surface area contributed by atoms with E-state index in [1.165, 1.54) is 12.8 Å². The number of rotatable bonds is 4. The first kappa shape index (κ1) is 10.5. The molecule has 0 N–H and O–H groups in total. The molecule has 82 valence electrons. The van der Waals surface area contributed by atoms with Crippen LogP contribution in [0.1, 0.15) is 53.4 Å². The molecule has 3 aliphatic rings. The standard InChI is InChI=1S/C14H26/c1-5-6-9(2)11(4)14-12-7-10(3)13(14)8-12/h9-14H,5-8H2,1-4H3. The van der Waals surface area contributed by atoms with E-state index in [9.17, 15) is 0 Å². The molecule has 0 amide bonds. The third kappa shape index (κ3) is 1.51. The highest BCUT2D eigenvalue weighted by atomic mass is 14.6. The molecule has 0 aliphatic heterocycles. The Morgan fingerprint density at radius 1 is 1.21 bits per heavy atom. The largest absolute Gasteiger partial charge is 0.0654 e. The maximum Gasteiger partial charge on any atom is -0.0326 e. The maximum atomic E-state index is 2.52. The van der Waals surface area contributed by atoms with E-state index in [0.717, 1.165) is 35.5 Å². The smallest absolute Gasteiger partial charge is 0.0326 e. The van der Waals surface area contributed by atoms with Crippen LogP contribution in [0.3, 0.4) is 0 Å². The van der Waals surface area contributed by atoms with Gasteiger partial charge < -0.3 is 0 Å². The van der Waals surface area contributed by atoms with Gasteiger partial charge in [-0.2, -0.15) is 0 Å². The highest BCUT2D eigenvalue weighted by Crippen LogP contribution is 2.60. The summed E-state index contributed by atoms with van der Waals surface area (Å²) in [4.78, 5) is 0. The molecule has 0 saturated heterocycles. The minimum absolute atomic E-state index is 0.959. The Kier molecular flexibility index (Phi) is 2.91. The predicted octanol–water partition coefficient (Wildman–Crippen LogP) is 4.35. The SMILES string of the molecule is CCCC(C)C(C)C1C2CC(C)C1C2. The molecular weight excluding hydrogens is 168 g/mol. The number of fused-ring (bicyclic) bond motifs is 1. The summed E-state index contributed by atoms with van der Waals surface area (Å²) >= 11 is 0. The van der Waals surface area contributed by atoms with E-state index < -0.39 is 0 Å². The molecule has 3 saturated carbocycles. The molecule has 0 nitrogen and oxygen atoms in total. The minimum atomic E-state index is 0.959. The monoisotopic (exact) mass is 194 g/mol. The lowest BCUT2D eigenvalue weighted by Gasteiger charge is -2.43. The number of hydrogen-bond acceptors (Lipinski definition) is 0. The van der Waals surface area contributed by atoms with Gasteiger partial charge in [-0.15, -0.1) is 0 Å². The van der Waals surface area contributed by atoms with Gasteiger partial charge in [0.05, 0.1) is 0 Å². The zero-order chi connectivity index (χ0) is 10.3. The summed E-state index contributed by atoms with van der Waals surface area (Å²) in [5, 5.41) is 0. The average molecular weight is 194 g/mol. The summed E-state index contributed by atoms with van der Waals surface area (Å²) in [6.07, 6.45) is 5.90. The highest BCUT2D eigenvalue weighted by Gasteiger charge is 2.53. The van der Waals surface area contributed by atoms with Crippen molar-refractivity contribution >= 4 is 0 Å². The van der Waals surface area contributed by atoms with Crippen LogP contribution in [0.15, 0.2) is 0 Å². The van der Waals surface area contributed by atoms with Gasteiger partial charge in [0, 0.05) is 0 Å². The van der Waals surface area contributed by atoms with Crippen LogP contribution in [0.25, 0.3) is 0 Å². The van der Waals surface area contributed by atoms with Gasteiger partial charge >= 0.3 is 0 Å². The van der Waals surface area contributed by atoms with Crippen LogP contribution in [0.5, 0.6) is 0 Å². The van der Waals surface area contributed by atoms with Crippen molar-refractivity contribution in [3.63, 3.8) is 0 Å². The zero-order valence-electron chi connectivity index (χ0n) is 10.3. The molecule has 3 aliphatic carbocycles. The van der Waals surface area contributed by atoms with E-state index in [-0.39, 0.29) is 0 Å². The molecule has 0 aromatic rings. The predicted molar refractivity (Wildman–Crippen MR) is 62.1 cm³/mol. The Morgan fingerprint density at radius 2 is 1.93 bits per heavy atom. The maximum absolute atomic E-state index is 2.52. The fraction of sp³-hybridized carbons (Fsp3) is 1.00. The first-order valence-electron chi connectivity index (χ1n) is 6.65. The van der Waals surface area contributed by atoms with Crippen molar-refractivity contribution in [3.05, 3.63) is 0 Å². The van der Waals surface area contributed by atoms with Gasteiger partial charge in [-0.1, -0.05) is 40.5 Å². The van der Waals surface area contributed by atoms with E-state index in [2.05, 4.69) is 27.7 Å². The Balaban J connectivity index is 1.90. The fourth-order valence-electron chi connectivity index (χ4n) is 4.25. The van der Waals surface area contributed by atoms with Gasteiger partial charge in [-0.3, -0.25) is 0 Å². The van der Waals surface area contributed by atoms with Crippen molar-refractivity contribution in [1.29, 1.82) is 0 Å². The third-order valence-corrected chi connectivity index (χ3v) is 5.27. The van der Waals surface area contributed by atoms with Crippen molar-refractivity contribution in [1.82, 2.24) is 0 Å². The highest BCUT2D eigenvalue weighted by molar-refractivity contribution is 5.02. The van der Waals surface area contributed by atoms with Crippen molar-refractivity contribution in [3.8, 4) is 0 Å². The van der Waals surface area contributed by atoms with Gasteiger partial charge in [-0.25, -0.2) is 0 Å². The summed E-state index contributed by atoms with van der Waals surface area (Å²) in [5.74, 6) is 6.32. The Hall–Kier alpha value is 0. The molecule has 2 bridgehead atoms. The van der Waals surface area contributed by atoms with Crippen LogP contribution >= 0.6 is 0 Å². The molecule has 14 heavy (non-hydrogen) atoms. The molecule has 3 rings (SSSR count). The second-order valence-corrected chi connectivity index (χ2v) is 6.08. The lowest BCUT2D eigenvalue weighted by atomic mass is 9.62. The van der Waals surface area contributed by atoms with Crippen LogP contribution in [0.2, 0.25) is 0 Å². The Morgan fingerprint density at radius 3 is 2.36 bits per heavy atom. The van der Waals surface area contributed by atoms with E-state index in [1.54, 1.807) is 12.8 Å². The second kappa shape index (κ2) is 3.87. The summed E-state index contributed by atoms with van der Waals surface area (Å²) in [6, 6.07) is 0. The molecule has 0 aromatic carbocycles. The van der Waals surface area contributed by atoms with Crippen molar-refractivity contribution in [2.24, 2.45) is 35.5 Å². The van der Waals surface area contributed by atoms with Gasteiger partial charge in [0.1, 0.15) is 0 Å². The van der Waals surface area contributed by atoms with Gasteiger partial charge in [-0.05, 0) is 48.3 Å². The van der Waals surface area contributed by atoms with Crippen molar-refractivity contribution in [2.75, 3.05) is 0 Å². The molecule has 6 atom stereocenters. The van der Waals surface area contributed by atoms with Gasteiger partial charge in [0.2, 0.25) is 0 Å². The van der Waals surface area contributed by atoms with Crippen LogP contribution in [-0.4, -0.2) is 0 Å². The topological polar surface area (TPSA) is 0 Å². The Labute approximate surface area is 89.5 Å². The minimum Gasteiger partial charge on any atom is -0.0654 e. The molecule has 6 unspecified atom stereocenters. The van der Waals surface area contributed by atoms with E-state index >= 15 is 0 Å². The summed E-state index contributed by atoms with van der Waals surface area (Å²) in [7, 11) is 0. The average Bonchev–Trinajstić information content (AvgIpc) is 2.60. The molecule has 0 heterocycles. The van der Waals surface area contributed by atoms with Crippen LogP contribution < -0.4 is 0 Å². The van der Waals surface area contributed by atoms with Gasteiger partial charge in [0.25, 0.3) is 0 Å². The molecular formula is C14H26. The quantitative estimate of drug-likeness (QED) is 0.624. The zero-order valence-corrected chi connectivity index (χ0v) is 10.3. The van der Waals surface area contributed by atoms with E-state index in [1.807, 2.05) is 0 Å². The van der Waals surface area contributed by atoms with Crippen molar-refractivity contribution < 1.29 is 0 Å². The summed E-state index contributed by atoms with van der Waals surface area (Å²) in [5.41, 5.74) is 0. The first-order valence-corrected chi connectivity index (χ1v) is 6.65.